The van der Waals surface area contributed by atoms with Crippen LogP contribution in [0.2, 0.25) is 0 Å². The highest BCUT2D eigenvalue weighted by Gasteiger charge is 2.20. The molecule has 1 aliphatic rings. The molecule has 1 N–H and O–H groups in total. The van der Waals surface area contributed by atoms with Crippen molar-refractivity contribution in [2.45, 2.75) is 31.6 Å². The second kappa shape index (κ2) is 4.89. The van der Waals surface area contributed by atoms with Gasteiger partial charge < -0.3 is 9.67 Å². The Morgan fingerprint density at radius 1 is 1.58 bits per heavy atom. The third-order valence-electron chi connectivity index (χ3n) is 3.61. The van der Waals surface area contributed by atoms with Gasteiger partial charge in [-0.2, -0.15) is 11.8 Å². The van der Waals surface area contributed by atoms with Gasteiger partial charge in [0.05, 0.1) is 11.1 Å². The van der Waals surface area contributed by atoms with Crippen molar-refractivity contribution < 1.29 is 9.90 Å². The first kappa shape index (κ1) is 12.5. The molecular formula is C14H16N2O2S. The fourth-order valence-corrected chi connectivity index (χ4v) is 3.91. The van der Waals surface area contributed by atoms with Gasteiger partial charge in [0, 0.05) is 11.8 Å². The topological polar surface area (TPSA) is 55.1 Å². The van der Waals surface area contributed by atoms with Crippen molar-refractivity contribution in [3.8, 4) is 0 Å². The number of aryl methyl sites for hydroxylation is 1. The van der Waals surface area contributed by atoms with E-state index in [2.05, 4.69) is 9.55 Å². The lowest BCUT2D eigenvalue weighted by atomic mass is 10.2. The number of carboxylic acids is 1. The second-order valence-electron chi connectivity index (χ2n) is 4.88. The van der Waals surface area contributed by atoms with E-state index in [1.54, 1.807) is 12.1 Å². The summed E-state index contributed by atoms with van der Waals surface area (Å²) < 4.78 is 2.16. The van der Waals surface area contributed by atoms with Gasteiger partial charge >= 0.3 is 5.97 Å². The van der Waals surface area contributed by atoms with Crippen LogP contribution in [0.15, 0.2) is 18.2 Å². The number of fused-ring (bicyclic) bond motifs is 1. The Kier molecular flexibility index (Phi) is 3.22. The maximum atomic E-state index is 11.2. The van der Waals surface area contributed by atoms with Gasteiger partial charge in [-0.25, -0.2) is 9.78 Å². The van der Waals surface area contributed by atoms with Gasteiger partial charge in [0.25, 0.3) is 0 Å². The average molecular weight is 276 g/mol. The van der Waals surface area contributed by atoms with Gasteiger partial charge in [-0.15, -0.1) is 0 Å². The summed E-state index contributed by atoms with van der Waals surface area (Å²) in [6.45, 7) is 2.88. The van der Waals surface area contributed by atoms with E-state index in [0.717, 1.165) is 17.9 Å². The van der Waals surface area contributed by atoms with Gasteiger partial charge in [0.2, 0.25) is 0 Å². The first-order chi connectivity index (χ1) is 9.16. The molecule has 0 bridgehead atoms. The number of aromatic nitrogens is 2. The lowest BCUT2D eigenvalue weighted by Crippen LogP contribution is -2.11. The number of aromatic carboxylic acids is 1. The fourth-order valence-electron chi connectivity index (χ4n) is 2.66. The van der Waals surface area contributed by atoms with Crippen LogP contribution in [0.1, 0.15) is 29.0 Å². The number of para-hydroxylation sites is 1. The van der Waals surface area contributed by atoms with Gasteiger partial charge in [-0.1, -0.05) is 6.07 Å². The minimum Gasteiger partial charge on any atom is -0.478 e. The lowest BCUT2D eigenvalue weighted by Gasteiger charge is -2.12. The van der Waals surface area contributed by atoms with Crippen molar-refractivity contribution in [1.29, 1.82) is 0 Å². The Morgan fingerprint density at radius 3 is 3.11 bits per heavy atom. The summed E-state index contributed by atoms with van der Waals surface area (Å²) in [7, 11) is 0. The standard InChI is InChI=1S/C14H16N2O2S/c1-9-15-13-11(14(17)18)5-2-6-12(13)16(9)8-10-4-3-7-19-10/h2,5-6,10H,3-4,7-8H2,1H3,(H,17,18). The maximum absolute atomic E-state index is 11.2. The molecule has 100 valence electrons. The van der Waals surface area contributed by atoms with Crippen molar-refractivity contribution in [3.63, 3.8) is 0 Å². The number of carboxylic acid groups (broad SMARTS) is 1. The minimum absolute atomic E-state index is 0.290. The summed E-state index contributed by atoms with van der Waals surface area (Å²) in [5, 5.41) is 9.84. The summed E-state index contributed by atoms with van der Waals surface area (Å²) in [5.74, 6) is 1.22. The second-order valence-corrected chi connectivity index (χ2v) is 6.29. The number of rotatable bonds is 3. The molecule has 1 aromatic heterocycles. The molecule has 0 radical (unpaired) electrons. The summed E-state index contributed by atoms with van der Waals surface area (Å²) in [6.07, 6.45) is 2.52. The summed E-state index contributed by atoms with van der Waals surface area (Å²) >= 11 is 2.00. The first-order valence-electron chi connectivity index (χ1n) is 6.47. The van der Waals surface area contributed by atoms with Crippen LogP contribution in [-0.2, 0) is 6.54 Å². The zero-order valence-electron chi connectivity index (χ0n) is 10.8. The average Bonchev–Trinajstić information content (AvgIpc) is 2.98. The van der Waals surface area contributed by atoms with E-state index in [1.165, 1.54) is 18.6 Å². The van der Waals surface area contributed by atoms with E-state index in [1.807, 2.05) is 24.8 Å². The van der Waals surface area contributed by atoms with Crippen LogP contribution >= 0.6 is 11.8 Å². The van der Waals surface area contributed by atoms with Crippen LogP contribution in [0.25, 0.3) is 11.0 Å². The highest BCUT2D eigenvalue weighted by molar-refractivity contribution is 8.00. The third kappa shape index (κ3) is 2.23. The van der Waals surface area contributed by atoms with Crippen LogP contribution in [-0.4, -0.2) is 31.6 Å². The van der Waals surface area contributed by atoms with Crippen molar-refractivity contribution >= 4 is 28.8 Å². The molecule has 5 heteroatoms. The van der Waals surface area contributed by atoms with Gasteiger partial charge in [-0.05, 0) is 37.7 Å². The van der Waals surface area contributed by atoms with E-state index in [4.69, 9.17) is 0 Å². The molecule has 1 fully saturated rings. The molecule has 0 saturated carbocycles. The predicted molar refractivity (Wildman–Crippen MR) is 76.9 cm³/mol. The maximum Gasteiger partial charge on any atom is 0.337 e. The van der Waals surface area contributed by atoms with Gasteiger partial charge in [-0.3, -0.25) is 0 Å². The normalized spacial score (nSPS) is 19.1. The number of carbonyl (C=O) groups is 1. The summed E-state index contributed by atoms with van der Waals surface area (Å²) in [4.78, 5) is 15.7. The smallest absolute Gasteiger partial charge is 0.337 e. The van der Waals surface area contributed by atoms with Crippen molar-refractivity contribution in [2.75, 3.05) is 5.75 Å². The third-order valence-corrected chi connectivity index (χ3v) is 4.99. The molecule has 2 aromatic rings. The molecule has 3 rings (SSSR count). The quantitative estimate of drug-likeness (QED) is 0.936. The molecule has 1 unspecified atom stereocenters. The van der Waals surface area contributed by atoms with E-state index >= 15 is 0 Å². The van der Waals surface area contributed by atoms with Crippen LogP contribution in [0.3, 0.4) is 0 Å². The molecule has 0 amide bonds. The largest absolute Gasteiger partial charge is 0.478 e. The molecular weight excluding hydrogens is 260 g/mol. The zero-order chi connectivity index (χ0) is 13.4. The van der Waals surface area contributed by atoms with Crippen LogP contribution in [0.4, 0.5) is 0 Å². The molecule has 1 saturated heterocycles. The predicted octanol–water partition coefficient (Wildman–Crippen LogP) is 2.94. The monoisotopic (exact) mass is 276 g/mol. The highest BCUT2D eigenvalue weighted by atomic mass is 32.2. The van der Waals surface area contributed by atoms with E-state index in [9.17, 15) is 9.90 Å². The van der Waals surface area contributed by atoms with Crippen LogP contribution in [0.5, 0.6) is 0 Å². The van der Waals surface area contributed by atoms with Gasteiger partial charge in [0.15, 0.2) is 0 Å². The SMILES string of the molecule is Cc1nc2c(C(=O)O)cccc2n1CC1CCCS1. The van der Waals surface area contributed by atoms with Crippen molar-refractivity contribution in [3.05, 3.63) is 29.6 Å². The van der Waals surface area contributed by atoms with E-state index < -0.39 is 5.97 Å². The summed E-state index contributed by atoms with van der Waals surface area (Å²) in [5.41, 5.74) is 1.83. The fraction of sp³-hybridized carbons (Fsp3) is 0.429. The Morgan fingerprint density at radius 2 is 2.42 bits per heavy atom. The molecule has 4 nitrogen and oxygen atoms in total. The molecule has 0 spiro atoms. The number of thioether (sulfide) groups is 1. The summed E-state index contributed by atoms with van der Waals surface area (Å²) in [6, 6.07) is 5.37. The van der Waals surface area contributed by atoms with E-state index in [-0.39, 0.29) is 0 Å². The van der Waals surface area contributed by atoms with Crippen LogP contribution in [0, 0.1) is 6.92 Å². The Balaban J connectivity index is 2.06. The first-order valence-corrected chi connectivity index (χ1v) is 7.52. The van der Waals surface area contributed by atoms with E-state index in [0.29, 0.717) is 16.3 Å². The molecule has 19 heavy (non-hydrogen) atoms. The number of hydrogen-bond donors (Lipinski definition) is 1. The van der Waals surface area contributed by atoms with Crippen molar-refractivity contribution in [2.24, 2.45) is 0 Å². The van der Waals surface area contributed by atoms with Crippen LogP contribution < -0.4 is 0 Å². The minimum atomic E-state index is -0.912. The number of hydrogen-bond acceptors (Lipinski definition) is 3. The molecule has 0 aliphatic carbocycles. The molecule has 1 atom stereocenters. The molecule has 2 heterocycles. The Bertz CT molecular complexity index is 630. The number of nitrogens with zero attached hydrogens (tertiary/aromatic N) is 2. The Labute approximate surface area is 115 Å². The molecule has 1 aliphatic heterocycles. The van der Waals surface area contributed by atoms with Crippen molar-refractivity contribution in [1.82, 2.24) is 9.55 Å². The van der Waals surface area contributed by atoms with Gasteiger partial charge in [0.1, 0.15) is 11.3 Å². The number of benzene rings is 1. The zero-order valence-corrected chi connectivity index (χ0v) is 11.6. The number of imidazole rings is 1. The highest BCUT2D eigenvalue weighted by Crippen LogP contribution is 2.29. The molecule has 1 aromatic carbocycles. The lowest BCUT2D eigenvalue weighted by molar-refractivity contribution is 0.0699. The Hall–Kier alpha value is -1.49.